The molecule has 1 heterocycles. The standard InChI is InChI=1S/C15H31N3O4/c1-3-8(16)11-5-4-9(17)15(21-11)22-14-10(18)6-7(2)12(19)13(14)20/h7-15,19-20H,3-6,16-18H2,1-2H3/t7-,8+,9-,10+,11+,12+,13-,14-,15-/m1/s1. The Bertz CT molecular complexity index is 360. The molecule has 0 aromatic rings. The molecule has 0 bridgehead atoms. The largest absolute Gasteiger partial charge is 0.390 e. The van der Waals surface area contributed by atoms with E-state index in [-0.39, 0.29) is 30.1 Å². The van der Waals surface area contributed by atoms with Gasteiger partial charge in [0.15, 0.2) is 6.29 Å². The van der Waals surface area contributed by atoms with Crippen molar-refractivity contribution in [2.24, 2.45) is 23.1 Å². The Balaban J connectivity index is 2.01. The van der Waals surface area contributed by atoms with E-state index >= 15 is 0 Å². The molecular formula is C15H31N3O4. The Kier molecular flexibility index (Phi) is 6.18. The quantitative estimate of drug-likeness (QED) is 0.450. The average molecular weight is 317 g/mol. The van der Waals surface area contributed by atoms with Crippen molar-refractivity contribution in [3.05, 3.63) is 0 Å². The zero-order chi connectivity index (χ0) is 16.4. The van der Waals surface area contributed by atoms with Gasteiger partial charge in [-0.1, -0.05) is 13.8 Å². The lowest BCUT2D eigenvalue weighted by molar-refractivity contribution is -0.258. The second kappa shape index (κ2) is 7.53. The number of aliphatic hydroxyl groups excluding tert-OH is 2. The molecule has 1 aliphatic heterocycles. The summed E-state index contributed by atoms with van der Waals surface area (Å²) in [5.74, 6) is -0.0629. The summed E-state index contributed by atoms with van der Waals surface area (Å²) < 4.78 is 11.8. The maximum absolute atomic E-state index is 10.2. The topological polar surface area (TPSA) is 137 Å². The van der Waals surface area contributed by atoms with Crippen LogP contribution in [-0.4, -0.2) is 59.0 Å². The molecule has 1 aliphatic carbocycles. The molecule has 130 valence electrons. The minimum absolute atomic E-state index is 0.0610. The van der Waals surface area contributed by atoms with E-state index in [1.54, 1.807) is 0 Å². The van der Waals surface area contributed by atoms with Crippen LogP contribution in [0.15, 0.2) is 0 Å². The fraction of sp³-hybridized carbons (Fsp3) is 1.00. The van der Waals surface area contributed by atoms with Crippen LogP contribution >= 0.6 is 0 Å². The maximum atomic E-state index is 10.2. The first kappa shape index (κ1) is 18.1. The van der Waals surface area contributed by atoms with Crippen LogP contribution in [0.5, 0.6) is 0 Å². The van der Waals surface area contributed by atoms with Crippen LogP contribution in [-0.2, 0) is 9.47 Å². The fourth-order valence-corrected chi connectivity index (χ4v) is 3.37. The predicted octanol–water partition coefficient (Wildman–Crippen LogP) is -0.970. The van der Waals surface area contributed by atoms with E-state index in [1.807, 2.05) is 13.8 Å². The Morgan fingerprint density at radius 2 is 1.86 bits per heavy atom. The summed E-state index contributed by atoms with van der Waals surface area (Å²) in [4.78, 5) is 0. The van der Waals surface area contributed by atoms with Crippen molar-refractivity contribution in [2.75, 3.05) is 0 Å². The third-order valence-electron chi connectivity index (χ3n) is 5.02. The third kappa shape index (κ3) is 3.79. The number of rotatable bonds is 4. The summed E-state index contributed by atoms with van der Waals surface area (Å²) in [6.07, 6.45) is -0.364. The molecule has 8 N–H and O–H groups in total. The van der Waals surface area contributed by atoms with Crippen molar-refractivity contribution in [3.63, 3.8) is 0 Å². The van der Waals surface area contributed by atoms with E-state index in [2.05, 4.69) is 0 Å². The van der Waals surface area contributed by atoms with Gasteiger partial charge in [-0.25, -0.2) is 0 Å². The SMILES string of the molecule is CC[C@H](N)[C@@H]1CC[C@@H](N)[C@@H](O[C@H]2[C@H](O)[C@@H](O)[C@H](C)C[C@@H]2N)O1. The number of ether oxygens (including phenoxy) is 2. The zero-order valence-electron chi connectivity index (χ0n) is 13.5. The molecular weight excluding hydrogens is 286 g/mol. The lowest BCUT2D eigenvalue weighted by Gasteiger charge is -2.44. The second-order valence-corrected chi connectivity index (χ2v) is 6.81. The predicted molar refractivity (Wildman–Crippen MR) is 82.8 cm³/mol. The van der Waals surface area contributed by atoms with Crippen molar-refractivity contribution < 1.29 is 19.7 Å². The second-order valence-electron chi connectivity index (χ2n) is 6.81. The van der Waals surface area contributed by atoms with Crippen molar-refractivity contribution in [2.45, 2.75) is 88.4 Å². The molecule has 0 radical (unpaired) electrons. The molecule has 7 heteroatoms. The van der Waals surface area contributed by atoms with Crippen LogP contribution in [0.3, 0.4) is 0 Å². The lowest BCUT2D eigenvalue weighted by Crippen LogP contribution is -2.60. The zero-order valence-corrected chi connectivity index (χ0v) is 13.5. The lowest BCUT2D eigenvalue weighted by atomic mass is 9.81. The first-order chi connectivity index (χ1) is 10.3. The minimum Gasteiger partial charge on any atom is -0.390 e. The molecule has 0 aromatic heterocycles. The number of aliphatic hydroxyl groups is 2. The van der Waals surface area contributed by atoms with Gasteiger partial charge in [-0.15, -0.1) is 0 Å². The smallest absolute Gasteiger partial charge is 0.173 e. The molecule has 2 aliphatic rings. The Labute approximate surface area is 132 Å². The Morgan fingerprint density at radius 3 is 2.50 bits per heavy atom. The summed E-state index contributed by atoms with van der Waals surface area (Å²) in [7, 11) is 0. The van der Waals surface area contributed by atoms with Gasteiger partial charge in [0.05, 0.1) is 18.2 Å². The van der Waals surface area contributed by atoms with Gasteiger partial charge in [0, 0.05) is 12.1 Å². The molecule has 22 heavy (non-hydrogen) atoms. The highest BCUT2D eigenvalue weighted by Crippen LogP contribution is 2.30. The summed E-state index contributed by atoms with van der Waals surface area (Å²) in [5, 5.41) is 20.3. The van der Waals surface area contributed by atoms with Gasteiger partial charge in [-0.2, -0.15) is 0 Å². The molecule has 0 amide bonds. The van der Waals surface area contributed by atoms with Crippen LogP contribution in [0.2, 0.25) is 0 Å². The molecule has 2 rings (SSSR count). The highest BCUT2D eigenvalue weighted by molar-refractivity contribution is 4.95. The van der Waals surface area contributed by atoms with E-state index in [0.717, 1.165) is 19.3 Å². The highest BCUT2D eigenvalue weighted by Gasteiger charge is 2.44. The van der Waals surface area contributed by atoms with Crippen LogP contribution < -0.4 is 17.2 Å². The molecule has 0 aromatic carbocycles. The number of nitrogens with two attached hydrogens (primary N) is 3. The van der Waals surface area contributed by atoms with E-state index in [9.17, 15) is 10.2 Å². The average Bonchev–Trinajstić information content (AvgIpc) is 2.50. The van der Waals surface area contributed by atoms with E-state index in [1.165, 1.54) is 0 Å². The van der Waals surface area contributed by atoms with Gasteiger partial charge in [0.2, 0.25) is 0 Å². The summed E-state index contributed by atoms with van der Waals surface area (Å²) >= 11 is 0. The highest BCUT2D eigenvalue weighted by atomic mass is 16.7. The maximum Gasteiger partial charge on any atom is 0.173 e. The summed E-state index contributed by atoms with van der Waals surface area (Å²) in [5.41, 5.74) is 18.2. The van der Waals surface area contributed by atoms with Crippen LogP contribution in [0.25, 0.3) is 0 Å². The molecule has 9 atom stereocenters. The molecule has 7 nitrogen and oxygen atoms in total. The van der Waals surface area contributed by atoms with Gasteiger partial charge >= 0.3 is 0 Å². The van der Waals surface area contributed by atoms with Crippen molar-refractivity contribution in [1.82, 2.24) is 0 Å². The molecule has 0 unspecified atom stereocenters. The van der Waals surface area contributed by atoms with Gasteiger partial charge in [0.25, 0.3) is 0 Å². The summed E-state index contributed by atoms with van der Waals surface area (Å²) in [6.45, 7) is 3.88. The molecule has 2 fully saturated rings. The minimum atomic E-state index is -1.03. The van der Waals surface area contributed by atoms with Crippen LogP contribution in [0.1, 0.15) is 39.5 Å². The third-order valence-corrected chi connectivity index (χ3v) is 5.02. The van der Waals surface area contributed by atoms with Crippen molar-refractivity contribution >= 4 is 0 Å². The van der Waals surface area contributed by atoms with Gasteiger partial charge in [-0.3, -0.25) is 0 Å². The normalized spacial score (nSPS) is 48.1. The van der Waals surface area contributed by atoms with Gasteiger partial charge in [0.1, 0.15) is 12.2 Å². The van der Waals surface area contributed by atoms with E-state index < -0.39 is 24.6 Å². The first-order valence-electron chi connectivity index (χ1n) is 8.28. The van der Waals surface area contributed by atoms with Crippen molar-refractivity contribution in [3.8, 4) is 0 Å². The van der Waals surface area contributed by atoms with E-state index in [0.29, 0.717) is 6.42 Å². The monoisotopic (exact) mass is 317 g/mol. The van der Waals surface area contributed by atoms with Crippen molar-refractivity contribution in [1.29, 1.82) is 0 Å². The molecule has 1 saturated carbocycles. The Hall–Kier alpha value is -0.280. The Morgan fingerprint density at radius 1 is 1.18 bits per heavy atom. The van der Waals surface area contributed by atoms with Crippen LogP contribution in [0.4, 0.5) is 0 Å². The number of hydrogen-bond donors (Lipinski definition) is 5. The molecule has 0 spiro atoms. The van der Waals surface area contributed by atoms with Crippen LogP contribution in [0, 0.1) is 5.92 Å². The summed E-state index contributed by atoms with van der Waals surface area (Å²) in [6, 6.07) is -0.699. The van der Waals surface area contributed by atoms with Gasteiger partial charge < -0.3 is 36.9 Å². The van der Waals surface area contributed by atoms with Gasteiger partial charge in [-0.05, 0) is 31.6 Å². The first-order valence-corrected chi connectivity index (χ1v) is 8.28. The van der Waals surface area contributed by atoms with E-state index in [4.69, 9.17) is 26.7 Å². The fourth-order valence-electron chi connectivity index (χ4n) is 3.37. The molecule has 1 saturated heterocycles. The number of hydrogen-bond acceptors (Lipinski definition) is 7.